The van der Waals surface area contributed by atoms with Gasteiger partial charge in [0.2, 0.25) is 5.91 Å². The molecule has 0 aromatic heterocycles. The van der Waals surface area contributed by atoms with E-state index in [4.69, 9.17) is 11.6 Å². The van der Waals surface area contributed by atoms with Crippen molar-refractivity contribution in [1.29, 1.82) is 0 Å². The Balaban J connectivity index is 2.00. The van der Waals surface area contributed by atoms with Gasteiger partial charge in [0.15, 0.2) is 0 Å². The van der Waals surface area contributed by atoms with Crippen LogP contribution in [0.2, 0.25) is 5.02 Å². The SMILES string of the molecule is O=C(C[C@H](NCc1ccccc1)C(=O)O)Nc1cc([N+](=O)[O-])ccc1Cl. The Bertz CT molecular complexity index is 813. The van der Waals surface area contributed by atoms with Crippen molar-refractivity contribution in [1.82, 2.24) is 5.32 Å². The van der Waals surface area contributed by atoms with Crippen molar-refractivity contribution in [3.05, 3.63) is 69.2 Å². The van der Waals surface area contributed by atoms with Crippen molar-refractivity contribution in [2.24, 2.45) is 0 Å². The van der Waals surface area contributed by atoms with Crippen LogP contribution in [-0.2, 0) is 16.1 Å². The van der Waals surface area contributed by atoms with E-state index in [0.29, 0.717) is 0 Å². The predicted octanol–water partition coefficient (Wildman–Crippen LogP) is 2.82. The molecular weight excluding hydrogens is 362 g/mol. The molecule has 2 aromatic carbocycles. The fourth-order valence-corrected chi connectivity index (χ4v) is 2.36. The Kier molecular flexibility index (Phi) is 6.65. The molecule has 0 unspecified atom stereocenters. The Morgan fingerprint density at radius 3 is 2.50 bits per heavy atom. The largest absolute Gasteiger partial charge is 0.480 e. The number of rotatable bonds is 8. The van der Waals surface area contributed by atoms with Crippen LogP contribution in [0.25, 0.3) is 0 Å². The highest BCUT2D eigenvalue weighted by atomic mass is 35.5. The summed E-state index contributed by atoms with van der Waals surface area (Å²) in [7, 11) is 0. The quantitative estimate of drug-likeness (QED) is 0.480. The van der Waals surface area contributed by atoms with E-state index in [0.717, 1.165) is 11.6 Å². The highest BCUT2D eigenvalue weighted by Crippen LogP contribution is 2.26. The smallest absolute Gasteiger partial charge is 0.321 e. The van der Waals surface area contributed by atoms with Crippen molar-refractivity contribution >= 4 is 34.9 Å². The molecule has 3 N–H and O–H groups in total. The average Bonchev–Trinajstić information content (AvgIpc) is 2.61. The third-order valence-electron chi connectivity index (χ3n) is 3.52. The minimum atomic E-state index is -1.18. The van der Waals surface area contributed by atoms with Gasteiger partial charge in [0, 0.05) is 18.7 Å². The highest BCUT2D eigenvalue weighted by molar-refractivity contribution is 6.33. The summed E-state index contributed by atoms with van der Waals surface area (Å²) in [5.41, 5.74) is 0.695. The third kappa shape index (κ3) is 5.54. The summed E-state index contributed by atoms with van der Waals surface area (Å²) >= 11 is 5.92. The monoisotopic (exact) mass is 377 g/mol. The number of non-ortho nitro benzene ring substituents is 1. The van der Waals surface area contributed by atoms with E-state index < -0.39 is 22.8 Å². The lowest BCUT2D eigenvalue weighted by Crippen LogP contribution is -2.39. The van der Waals surface area contributed by atoms with Crippen molar-refractivity contribution in [3.63, 3.8) is 0 Å². The molecule has 2 rings (SSSR count). The number of halogens is 1. The minimum Gasteiger partial charge on any atom is -0.480 e. The molecule has 9 heteroatoms. The summed E-state index contributed by atoms with van der Waals surface area (Å²) in [6, 6.07) is 11.6. The van der Waals surface area contributed by atoms with Gasteiger partial charge in [-0.3, -0.25) is 25.0 Å². The highest BCUT2D eigenvalue weighted by Gasteiger charge is 2.21. The van der Waals surface area contributed by atoms with Crippen LogP contribution in [0.4, 0.5) is 11.4 Å². The van der Waals surface area contributed by atoms with E-state index in [1.807, 2.05) is 30.3 Å². The van der Waals surface area contributed by atoms with Crippen LogP contribution in [0.1, 0.15) is 12.0 Å². The van der Waals surface area contributed by atoms with E-state index in [1.165, 1.54) is 12.1 Å². The van der Waals surface area contributed by atoms with Crippen LogP contribution in [0.15, 0.2) is 48.5 Å². The Hall–Kier alpha value is -2.97. The van der Waals surface area contributed by atoms with Crippen LogP contribution in [0.5, 0.6) is 0 Å². The lowest BCUT2D eigenvalue weighted by molar-refractivity contribution is -0.384. The average molecular weight is 378 g/mol. The Morgan fingerprint density at radius 1 is 1.19 bits per heavy atom. The van der Waals surface area contributed by atoms with Crippen molar-refractivity contribution in [3.8, 4) is 0 Å². The molecule has 2 aromatic rings. The van der Waals surface area contributed by atoms with Gasteiger partial charge in [0.05, 0.1) is 22.1 Å². The summed E-state index contributed by atoms with van der Waals surface area (Å²) in [6.07, 6.45) is -0.360. The van der Waals surface area contributed by atoms with E-state index in [1.54, 1.807) is 0 Å². The fraction of sp³-hybridized carbons (Fsp3) is 0.176. The number of carbonyl (C=O) groups is 2. The molecule has 8 nitrogen and oxygen atoms in total. The predicted molar refractivity (Wildman–Crippen MR) is 96.1 cm³/mol. The van der Waals surface area contributed by atoms with Gasteiger partial charge in [-0.2, -0.15) is 0 Å². The number of nitrogens with zero attached hydrogens (tertiary/aromatic N) is 1. The lowest BCUT2D eigenvalue weighted by Gasteiger charge is -2.15. The van der Waals surface area contributed by atoms with Gasteiger partial charge in [-0.1, -0.05) is 41.9 Å². The number of nitrogens with one attached hydrogen (secondary N) is 2. The molecule has 0 heterocycles. The van der Waals surface area contributed by atoms with Gasteiger partial charge in [0.25, 0.3) is 5.69 Å². The molecule has 0 saturated carbocycles. The number of anilines is 1. The molecule has 26 heavy (non-hydrogen) atoms. The summed E-state index contributed by atoms with van der Waals surface area (Å²) < 4.78 is 0. The van der Waals surface area contributed by atoms with Crippen LogP contribution in [0, 0.1) is 10.1 Å². The van der Waals surface area contributed by atoms with Crippen molar-refractivity contribution in [2.75, 3.05) is 5.32 Å². The van der Waals surface area contributed by atoms with Gasteiger partial charge >= 0.3 is 5.97 Å². The molecule has 0 radical (unpaired) electrons. The first-order valence-electron chi connectivity index (χ1n) is 7.60. The topological polar surface area (TPSA) is 122 Å². The maximum Gasteiger partial charge on any atom is 0.321 e. The van der Waals surface area contributed by atoms with Crippen LogP contribution in [0.3, 0.4) is 0 Å². The zero-order valence-electron chi connectivity index (χ0n) is 13.5. The van der Waals surface area contributed by atoms with E-state index in [2.05, 4.69) is 10.6 Å². The summed E-state index contributed by atoms with van der Waals surface area (Å²) in [6.45, 7) is 0.280. The van der Waals surface area contributed by atoms with Crippen LogP contribution < -0.4 is 10.6 Å². The molecule has 0 aliphatic heterocycles. The number of carboxylic acid groups (broad SMARTS) is 1. The van der Waals surface area contributed by atoms with E-state index >= 15 is 0 Å². The molecule has 1 atom stereocenters. The number of carboxylic acids is 1. The molecule has 0 bridgehead atoms. The molecule has 0 spiro atoms. The second kappa shape index (κ2) is 8.93. The number of hydrogen-bond acceptors (Lipinski definition) is 5. The zero-order chi connectivity index (χ0) is 19.1. The van der Waals surface area contributed by atoms with Gasteiger partial charge in [-0.25, -0.2) is 0 Å². The third-order valence-corrected chi connectivity index (χ3v) is 3.85. The Labute approximate surface area is 153 Å². The van der Waals surface area contributed by atoms with Gasteiger partial charge in [0.1, 0.15) is 6.04 Å². The normalized spacial score (nSPS) is 11.6. The summed E-state index contributed by atoms with van der Waals surface area (Å²) in [5.74, 6) is -1.80. The van der Waals surface area contributed by atoms with Crippen LogP contribution >= 0.6 is 11.6 Å². The zero-order valence-corrected chi connectivity index (χ0v) is 14.3. The Morgan fingerprint density at radius 2 is 1.88 bits per heavy atom. The first-order valence-corrected chi connectivity index (χ1v) is 7.98. The van der Waals surface area contributed by atoms with Gasteiger partial charge < -0.3 is 10.4 Å². The second-order valence-corrected chi connectivity index (χ2v) is 5.84. The maximum atomic E-state index is 12.1. The maximum absolute atomic E-state index is 12.1. The number of carbonyl (C=O) groups excluding carboxylic acids is 1. The van der Waals surface area contributed by atoms with E-state index in [9.17, 15) is 24.8 Å². The molecule has 0 fully saturated rings. The number of amides is 1. The number of nitro groups is 1. The summed E-state index contributed by atoms with van der Waals surface area (Å²) in [5, 5.41) is 25.4. The number of nitro benzene ring substituents is 1. The van der Waals surface area contributed by atoms with Crippen molar-refractivity contribution < 1.29 is 19.6 Å². The minimum absolute atomic E-state index is 0.0538. The second-order valence-electron chi connectivity index (χ2n) is 5.43. The van der Waals surface area contributed by atoms with Crippen LogP contribution in [-0.4, -0.2) is 27.9 Å². The molecule has 0 aliphatic rings. The van der Waals surface area contributed by atoms with E-state index in [-0.39, 0.29) is 29.4 Å². The molecule has 0 saturated heterocycles. The van der Waals surface area contributed by atoms with Crippen molar-refractivity contribution in [2.45, 2.75) is 19.0 Å². The molecular formula is C17H16ClN3O5. The fourth-order valence-electron chi connectivity index (χ4n) is 2.19. The first-order chi connectivity index (χ1) is 12.4. The number of benzene rings is 2. The number of hydrogen-bond donors (Lipinski definition) is 3. The van der Waals surface area contributed by atoms with Gasteiger partial charge in [-0.05, 0) is 11.6 Å². The van der Waals surface area contributed by atoms with Gasteiger partial charge in [-0.15, -0.1) is 0 Å². The molecule has 136 valence electrons. The lowest BCUT2D eigenvalue weighted by atomic mass is 10.1. The summed E-state index contributed by atoms with van der Waals surface area (Å²) in [4.78, 5) is 33.7. The number of aliphatic carboxylic acids is 1. The first kappa shape index (κ1) is 19.4. The standard InChI is InChI=1S/C17H16ClN3O5/c18-13-7-6-12(21(25)26)8-14(13)20-16(22)9-15(17(23)24)19-10-11-4-2-1-3-5-11/h1-8,15,19H,9-10H2,(H,20,22)(H,23,24)/t15-/m0/s1. The molecule has 0 aliphatic carbocycles. The molecule has 1 amide bonds.